The number of fused-ring (bicyclic) bond motifs is 2. The fraction of sp³-hybridized carbons (Fsp3) is 0.579. The van der Waals surface area contributed by atoms with E-state index in [1.165, 1.54) is 26.5 Å². The number of ketones is 1. The van der Waals surface area contributed by atoms with Crippen LogP contribution in [0.25, 0.3) is 0 Å². The number of halogens is 4. The number of carbonyl (C=O) groups is 8. The standard InChI is InChI=1S/C28H37Cl2N3O8.C25H30Cl2N2O7.C4H11NO/c1-6-39-41-25(36)28-17-32(26(37)40-27(2,3)4)12-10-22(28)33(16-18-8-9-19(29)14-21(18)30)24(35)20(28)15-23(34)31-11-7-13-38-5;1-6-34-36-22(32)25-14-28(23(33)35-24(3,4)5)10-9-20(25)29(21(31)18(25)11-15(2)30)13-16-7-8-17(26)12-19(16)27;1-6-4-2-3-5/h8-10,14,20H,6-7,11-13,15-17H2,1-5H3,(H,31,34);7-9,12,18H,6,10-11,13-14H2,1-5H3;2-5H2,1H3/t20-,28+;18-,25-;/m11./s1. The molecule has 5 amide bonds. The number of likely N-dealkylation sites (tertiary alicyclic amines) is 2. The number of nitrogens with two attached hydrogens (primary N) is 1. The monoisotopic (exact) mass is 1240 g/mol. The number of ether oxygens (including phenoxy) is 4. The Morgan fingerprint density at radius 3 is 1.41 bits per heavy atom. The van der Waals surface area contributed by atoms with Crippen LogP contribution in [0.2, 0.25) is 20.1 Å². The third-order valence-corrected chi connectivity index (χ3v) is 14.4. The molecule has 2 fully saturated rings. The third-order valence-electron chi connectivity index (χ3n) is 13.2. The molecule has 2 saturated heterocycles. The molecule has 460 valence electrons. The minimum Gasteiger partial charge on any atom is -0.444 e. The number of amides is 5. The molecule has 0 aliphatic carbocycles. The highest BCUT2D eigenvalue weighted by Gasteiger charge is 2.66. The van der Waals surface area contributed by atoms with Crippen LogP contribution in [0.15, 0.2) is 59.9 Å². The Hall–Kier alpha value is -5.56. The molecule has 0 bridgehead atoms. The minimum atomic E-state index is -1.75. The molecule has 6 rings (SSSR count). The Balaban J connectivity index is 0.000000326. The van der Waals surface area contributed by atoms with Gasteiger partial charge in [0.1, 0.15) is 27.8 Å². The van der Waals surface area contributed by atoms with Gasteiger partial charge in [-0.05, 0) is 129 Å². The Morgan fingerprint density at radius 1 is 0.651 bits per heavy atom. The van der Waals surface area contributed by atoms with Crippen LogP contribution in [-0.4, -0.2) is 158 Å². The maximum absolute atomic E-state index is 14.1. The molecule has 2 aromatic rings. The Kier molecular flexibility index (Phi) is 26.6. The molecule has 4 heterocycles. The van der Waals surface area contributed by atoms with E-state index >= 15 is 0 Å². The van der Waals surface area contributed by atoms with E-state index in [2.05, 4.69) is 5.32 Å². The lowest BCUT2D eigenvalue weighted by molar-refractivity contribution is -0.279. The second kappa shape index (κ2) is 31.5. The molecule has 4 aliphatic rings. The van der Waals surface area contributed by atoms with E-state index in [0.717, 1.165) is 19.6 Å². The number of hydrogen-bond acceptors (Lipinski definition) is 17. The summed E-state index contributed by atoms with van der Waals surface area (Å²) >= 11 is 24.9. The van der Waals surface area contributed by atoms with Gasteiger partial charge >= 0.3 is 24.1 Å². The lowest BCUT2D eigenvalue weighted by Gasteiger charge is -2.40. The van der Waals surface area contributed by atoms with E-state index in [0.29, 0.717) is 62.2 Å². The van der Waals surface area contributed by atoms with Crippen LogP contribution in [0.4, 0.5) is 9.59 Å². The van der Waals surface area contributed by atoms with Crippen molar-refractivity contribution < 1.29 is 76.9 Å². The maximum Gasteiger partial charge on any atom is 0.410 e. The molecule has 4 atom stereocenters. The number of benzene rings is 2. The van der Waals surface area contributed by atoms with Crippen molar-refractivity contribution in [3.05, 3.63) is 91.2 Å². The SMILES string of the molecule is CCOOC(=O)[C@@]12CN(C(=O)OC(C)(C)C)CC=C1N(Cc1ccc(Cl)cc1Cl)C(=O)[C@H]2CC(C)=O.CCOOC(=O)[C@]12CN(C(=O)OC(C)(C)C)CC=C1N(Cc1ccc(Cl)cc1Cl)C(=O)[C@H]2CC(=O)NCCCOC.COCCCN. The van der Waals surface area contributed by atoms with Gasteiger partial charge in [0.25, 0.3) is 0 Å². The lowest BCUT2D eigenvalue weighted by atomic mass is 9.71. The zero-order valence-corrected chi connectivity index (χ0v) is 52.0. The largest absolute Gasteiger partial charge is 0.444 e. The maximum atomic E-state index is 14.1. The van der Waals surface area contributed by atoms with Crippen molar-refractivity contribution in [1.82, 2.24) is 24.9 Å². The number of nitrogens with one attached hydrogen (secondary N) is 1. The van der Waals surface area contributed by atoms with Gasteiger partial charge in [-0.2, -0.15) is 9.78 Å². The summed E-state index contributed by atoms with van der Waals surface area (Å²) in [7, 11) is 3.23. The first-order valence-corrected chi connectivity index (χ1v) is 28.6. The molecule has 22 nitrogen and oxygen atoms in total. The molecule has 0 spiro atoms. The van der Waals surface area contributed by atoms with Crippen molar-refractivity contribution in [3.63, 3.8) is 0 Å². The average Bonchev–Trinajstić information content (AvgIpc) is 2.14. The van der Waals surface area contributed by atoms with Gasteiger partial charge in [-0.1, -0.05) is 58.5 Å². The summed E-state index contributed by atoms with van der Waals surface area (Å²) < 4.78 is 20.8. The minimum absolute atomic E-state index is 0.00271. The van der Waals surface area contributed by atoms with Gasteiger partial charge in [0, 0.05) is 104 Å². The van der Waals surface area contributed by atoms with Crippen molar-refractivity contribution in [2.24, 2.45) is 28.4 Å². The first-order chi connectivity index (χ1) is 39.0. The average molecular weight is 1250 g/mol. The molecule has 26 heteroatoms. The summed E-state index contributed by atoms with van der Waals surface area (Å²) in [5.74, 6) is -5.77. The van der Waals surface area contributed by atoms with Crippen molar-refractivity contribution in [2.45, 2.75) is 112 Å². The predicted molar refractivity (Wildman–Crippen MR) is 308 cm³/mol. The number of methoxy groups -OCH3 is 2. The smallest absolute Gasteiger partial charge is 0.410 e. The molecular weight excluding hydrogens is 1170 g/mol. The van der Waals surface area contributed by atoms with Gasteiger partial charge in [-0.15, -0.1) is 0 Å². The van der Waals surface area contributed by atoms with Gasteiger partial charge < -0.3 is 54.4 Å². The van der Waals surface area contributed by atoms with Crippen LogP contribution < -0.4 is 11.1 Å². The Labute approximate surface area is 505 Å². The summed E-state index contributed by atoms with van der Waals surface area (Å²) in [5, 5.41) is 4.31. The van der Waals surface area contributed by atoms with E-state index in [9.17, 15) is 38.4 Å². The molecule has 3 N–H and O–H groups in total. The molecule has 4 aliphatic heterocycles. The summed E-state index contributed by atoms with van der Waals surface area (Å²) in [5.41, 5.74) is 1.94. The number of carbonyl (C=O) groups excluding carboxylic acids is 8. The van der Waals surface area contributed by atoms with E-state index < -0.39 is 75.7 Å². The fourth-order valence-electron chi connectivity index (χ4n) is 9.60. The van der Waals surface area contributed by atoms with Crippen LogP contribution in [0.5, 0.6) is 0 Å². The first kappa shape index (κ1) is 69.9. The number of nitrogens with zero attached hydrogens (tertiary/aromatic N) is 4. The van der Waals surface area contributed by atoms with E-state index in [-0.39, 0.29) is 71.1 Å². The molecular formula is C57H78Cl4N6O16. The first-order valence-electron chi connectivity index (χ1n) is 27.0. The van der Waals surface area contributed by atoms with Crippen molar-refractivity contribution in [2.75, 3.05) is 79.9 Å². The molecule has 0 saturated carbocycles. The lowest BCUT2D eigenvalue weighted by Crippen LogP contribution is -2.54. The van der Waals surface area contributed by atoms with E-state index in [1.54, 1.807) is 118 Å². The van der Waals surface area contributed by atoms with Gasteiger partial charge in [0.05, 0.1) is 38.1 Å². The highest BCUT2D eigenvalue weighted by atomic mass is 35.5. The van der Waals surface area contributed by atoms with Crippen LogP contribution in [0.1, 0.15) is 99.1 Å². The van der Waals surface area contributed by atoms with E-state index in [1.807, 2.05) is 0 Å². The number of Topliss-reactive ketones (excluding diaryl/α,β-unsaturated/α-hetero) is 1. The molecule has 83 heavy (non-hydrogen) atoms. The van der Waals surface area contributed by atoms with Gasteiger partial charge in [-0.25, -0.2) is 19.2 Å². The summed E-state index contributed by atoms with van der Waals surface area (Å²) in [6.45, 7) is 17.1. The van der Waals surface area contributed by atoms with Crippen LogP contribution in [-0.2, 0) is 80.4 Å². The molecule has 2 aromatic carbocycles. The Bertz CT molecular complexity index is 2710. The zero-order valence-electron chi connectivity index (χ0n) is 49.0. The highest BCUT2D eigenvalue weighted by Crippen LogP contribution is 2.53. The second-order valence-electron chi connectivity index (χ2n) is 21.8. The summed E-state index contributed by atoms with van der Waals surface area (Å²) in [6.07, 6.45) is 2.86. The van der Waals surface area contributed by atoms with Crippen LogP contribution in [0.3, 0.4) is 0 Å². The topological polar surface area (TPSA) is 261 Å². The van der Waals surface area contributed by atoms with Crippen molar-refractivity contribution in [1.29, 1.82) is 0 Å². The van der Waals surface area contributed by atoms with Crippen molar-refractivity contribution >= 4 is 94.0 Å². The van der Waals surface area contributed by atoms with Crippen LogP contribution >= 0.6 is 46.4 Å². The Morgan fingerprint density at radius 2 is 1.06 bits per heavy atom. The van der Waals surface area contributed by atoms with Gasteiger partial charge in [-0.3, -0.25) is 24.2 Å². The number of rotatable bonds is 21. The molecule has 0 aromatic heterocycles. The summed E-state index contributed by atoms with van der Waals surface area (Å²) in [4.78, 5) is 132. The van der Waals surface area contributed by atoms with Crippen LogP contribution in [0, 0.1) is 22.7 Å². The molecule has 0 radical (unpaired) electrons. The van der Waals surface area contributed by atoms with Crippen molar-refractivity contribution in [3.8, 4) is 0 Å². The molecule has 0 unspecified atom stereocenters. The van der Waals surface area contributed by atoms with Gasteiger partial charge in [0.15, 0.2) is 0 Å². The quantitative estimate of drug-likeness (QED) is 0.0673. The zero-order chi connectivity index (χ0) is 62.0. The second-order valence-corrected chi connectivity index (χ2v) is 23.5. The predicted octanol–water partition coefficient (Wildman–Crippen LogP) is 8.64. The third kappa shape index (κ3) is 18.5. The normalized spacial score (nSPS) is 20.1. The summed E-state index contributed by atoms with van der Waals surface area (Å²) in [6, 6.07) is 9.77. The van der Waals surface area contributed by atoms with Gasteiger partial charge in [0.2, 0.25) is 17.7 Å². The van der Waals surface area contributed by atoms with E-state index in [4.69, 9.17) is 90.6 Å². The fourth-order valence-corrected chi connectivity index (χ4v) is 10.5. The number of hydrogen-bond donors (Lipinski definition) is 2. The highest BCUT2D eigenvalue weighted by molar-refractivity contribution is 6.35.